The van der Waals surface area contributed by atoms with Gasteiger partial charge in [0.05, 0.1) is 0 Å². The minimum Gasteiger partial charge on any atom is -0.300 e. The number of hydrogen-bond donors (Lipinski definition) is 0. The van der Waals surface area contributed by atoms with Crippen LogP contribution >= 0.6 is 11.8 Å². The number of thioether (sulfide) groups is 1. The summed E-state index contributed by atoms with van der Waals surface area (Å²) < 4.78 is 62.4. The lowest BCUT2D eigenvalue weighted by molar-refractivity contribution is -0.297. The van der Waals surface area contributed by atoms with Crippen molar-refractivity contribution in [2.45, 2.75) is 32.4 Å². The van der Waals surface area contributed by atoms with Gasteiger partial charge in [-0.15, -0.1) is 0 Å². The number of Topliss-reactive ketones (excluding diaryl/α,β-unsaturated/α-hetero) is 1. The summed E-state index contributed by atoms with van der Waals surface area (Å²) >= 11 is 0.353. The number of ketones is 1. The van der Waals surface area contributed by atoms with Crippen molar-refractivity contribution in [2.24, 2.45) is 5.92 Å². The smallest absolute Gasteiger partial charge is 0.300 e. The molecule has 1 unspecified atom stereocenters. The maximum absolute atomic E-state index is 13.0. The highest BCUT2D eigenvalue weighted by molar-refractivity contribution is 8.13. The summed E-state index contributed by atoms with van der Waals surface area (Å²) in [6.07, 6.45) is -6.95. The molecule has 0 heterocycles. The topological polar surface area (TPSA) is 34.1 Å². The Balaban J connectivity index is 5.17. The fourth-order valence-corrected chi connectivity index (χ4v) is 1.80. The summed E-state index contributed by atoms with van der Waals surface area (Å²) in [5.74, 6) is -8.65. The van der Waals surface area contributed by atoms with Crippen LogP contribution in [0.25, 0.3) is 0 Å². The molecule has 100 valence electrons. The van der Waals surface area contributed by atoms with Crippen LogP contribution in [-0.2, 0) is 9.59 Å². The van der Waals surface area contributed by atoms with Crippen LogP contribution < -0.4 is 0 Å². The lowest BCUT2D eigenvalue weighted by Crippen LogP contribution is -2.47. The summed E-state index contributed by atoms with van der Waals surface area (Å²) in [4.78, 5) is 21.9. The molecule has 8 heteroatoms. The second-order valence-electron chi connectivity index (χ2n) is 3.33. The zero-order valence-electron chi connectivity index (χ0n) is 9.11. The van der Waals surface area contributed by atoms with Crippen molar-refractivity contribution in [3.05, 3.63) is 0 Å². The third-order valence-electron chi connectivity index (χ3n) is 1.88. The molecule has 0 spiro atoms. The minimum absolute atomic E-state index is 0.0706. The van der Waals surface area contributed by atoms with E-state index in [2.05, 4.69) is 0 Å². The molecule has 0 aliphatic heterocycles. The summed E-state index contributed by atoms with van der Waals surface area (Å²) in [5, 5.41) is -1.31. The zero-order valence-corrected chi connectivity index (χ0v) is 9.92. The first kappa shape index (κ1) is 16.3. The molecular formula is C9H11F5O2S. The van der Waals surface area contributed by atoms with Crippen molar-refractivity contribution in [3.8, 4) is 0 Å². The monoisotopic (exact) mass is 278 g/mol. The molecule has 2 nitrogen and oxygen atoms in total. The van der Waals surface area contributed by atoms with Gasteiger partial charge in [0.1, 0.15) is 11.7 Å². The van der Waals surface area contributed by atoms with Crippen molar-refractivity contribution >= 4 is 22.7 Å². The van der Waals surface area contributed by atoms with Gasteiger partial charge in [-0.25, -0.2) is 0 Å². The highest BCUT2D eigenvalue weighted by Crippen LogP contribution is 2.44. The largest absolute Gasteiger partial charge is 0.454 e. The molecule has 0 saturated carbocycles. The first-order valence-corrected chi connectivity index (χ1v) is 5.63. The van der Waals surface area contributed by atoms with Crippen LogP contribution in [0.1, 0.15) is 20.3 Å². The van der Waals surface area contributed by atoms with E-state index >= 15 is 0 Å². The van der Waals surface area contributed by atoms with E-state index in [1.165, 1.54) is 6.92 Å². The second-order valence-corrected chi connectivity index (χ2v) is 4.60. The van der Waals surface area contributed by atoms with Gasteiger partial charge >= 0.3 is 12.1 Å². The van der Waals surface area contributed by atoms with Gasteiger partial charge in [0, 0.05) is 6.42 Å². The maximum atomic E-state index is 13.0. The van der Waals surface area contributed by atoms with E-state index in [9.17, 15) is 31.5 Å². The van der Waals surface area contributed by atoms with Crippen molar-refractivity contribution in [1.82, 2.24) is 0 Å². The molecule has 0 saturated heterocycles. The molecule has 0 aromatic rings. The van der Waals surface area contributed by atoms with Crippen molar-refractivity contribution < 1.29 is 31.5 Å². The Morgan fingerprint density at radius 2 is 1.65 bits per heavy atom. The first-order chi connectivity index (χ1) is 7.54. The van der Waals surface area contributed by atoms with E-state index in [1.807, 2.05) is 0 Å². The molecular weight excluding hydrogens is 267 g/mol. The number of halogens is 5. The van der Waals surface area contributed by atoms with Crippen LogP contribution in [0.15, 0.2) is 0 Å². The number of carbonyl (C=O) groups is 2. The highest BCUT2D eigenvalue weighted by Gasteiger charge is 2.64. The van der Waals surface area contributed by atoms with Gasteiger partial charge in [-0.1, -0.05) is 18.7 Å². The van der Waals surface area contributed by atoms with Crippen LogP contribution in [0.3, 0.4) is 0 Å². The normalized spacial score (nSPS) is 14.5. The van der Waals surface area contributed by atoms with Crippen LogP contribution in [0.5, 0.6) is 0 Å². The first-order valence-electron chi connectivity index (χ1n) is 4.64. The number of carbonyl (C=O) groups excluding carboxylic acids is 2. The van der Waals surface area contributed by atoms with E-state index in [0.29, 0.717) is 11.8 Å². The highest BCUT2D eigenvalue weighted by atomic mass is 32.2. The molecule has 0 fully saturated rings. The molecule has 0 amide bonds. The van der Waals surface area contributed by atoms with E-state index in [4.69, 9.17) is 0 Å². The Kier molecular flexibility index (Phi) is 5.57. The standard InChI is InChI=1S/C9H11F5O2S/c1-3-17-7(16)6(4-5(2)15)8(10,11)9(12,13)14/h6H,3-4H2,1-2H3. The Bertz CT molecular complexity index is 300. The van der Waals surface area contributed by atoms with Crippen LogP contribution in [0, 0.1) is 5.92 Å². The van der Waals surface area contributed by atoms with Gasteiger partial charge < -0.3 is 0 Å². The molecule has 0 aromatic heterocycles. The zero-order chi connectivity index (χ0) is 13.9. The maximum Gasteiger partial charge on any atom is 0.454 e. The average Bonchev–Trinajstić information content (AvgIpc) is 2.12. The predicted molar refractivity (Wildman–Crippen MR) is 52.9 cm³/mol. The van der Waals surface area contributed by atoms with E-state index in [-0.39, 0.29) is 5.75 Å². The number of hydrogen-bond acceptors (Lipinski definition) is 3. The molecule has 0 radical (unpaired) electrons. The molecule has 0 N–H and O–H groups in total. The molecule has 0 aliphatic rings. The van der Waals surface area contributed by atoms with Crippen molar-refractivity contribution in [2.75, 3.05) is 5.75 Å². The van der Waals surface area contributed by atoms with Crippen molar-refractivity contribution in [1.29, 1.82) is 0 Å². The molecule has 0 bridgehead atoms. The quantitative estimate of drug-likeness (QED) is 0.725. The van der Waals surface area contributed by atoms with Gasteiger partial charge in [-0.2, -0.15) is 22.0 Å². The Hall–Kier alpha value is -0.660. The van der Waals surface area contributed by atoms with E-state index in [1.54, 1.807) is 0 Å². The predicted octanol–water partition coefficient (Wildman–Crippen LogP) is 3.06. The summed E-state index contributed by atoms with van der Waals surface area (Å²) in [5.41, 5.74) is 0. The third kappa shape index (κ3) is 4.25. The summed E-state index contributed by atoms with van der Waals surface area (Å²) in [6.45, 7) is 2.31. The SMILES string of the molecule is CCSC(=O)C(CC(C)=O)C(F)(F)C(F)(F)F. The Labute approximate surface area is 98.9 Å². The lowest BCUT2D eigenvalue weighted by Gasteiger charge is -2.26. The molecule has 1 atom stereocenters. The molecule has 17 heavy (non-hydrogen) atoms. The third-order valence-corrected chi connectivity index (χ3v) is 2.74. The molecule has 0 aromatic carbocycles. The van der Waals surface area contributed by atoms with Crippen LogP contribution in [0.2, 0.25) is 0 Å². The van der Waals surface area contributed by atoms with Gasteiger partial charge in [-0.05, 0) is 12.7 Å². The summed E-state index contributed by atoms with van der Waals surface area (Å²) in [6, 6.07) is 0. The number of rotatable bonds is 5. The number of alkyl halides is 5. The van der Waals surface area contributed by atoms with Gasteiger partial charge in [-0.3, -0.25) is 9.59 Å². The van der Waals surface area contributed by atoms with E-state index in [0.717, 1.165) is 6.92 Å². The second kappa shape index (κ2) is 5.79. The van der Waals surface area contributed by atoms with Crippen LogP contribution in [0.4, 0.5) is 22.0 Å². The fourth-order valence-electron chi connectivity index (χ4n) is 1.09. The fraction of sp³-hybridized carbons (Fsp3) is 0.778. The van der Waals surface area contributed by atoms with Crippen LogP contribution in [-0.4, -0.2) is 28.8 Å². The van der Waals surface area contributed by atoms with Gasteiger partial charge in [0.2, 0.25) is 0 Å². The minimum atomic E-state index is -5.84. The van der Waals surface area contributed by atoms with Gasteiger partial charge in [0.25, 0.3) is 0 Å². The van der Waals surface area contributed by atoms with E-state index < -0.39 is 35.3 Å². The average molecular weight is 278 g/mol. The molecule has 0 rings (SSSR count). The lowest BCUT2D eigenvalue weighted by atomic mass is 9.96. The summed E-state index contributed by atoms with van der Waals surface area (Å²) in [7, 11) is 0. The Morgan fingerprint density at radius 3 is 1.94 bits per heavy atom. The van der Waals surface area contributed by atoms with Crippen molar-refractivity contribution in [3.63, 3.8) is 0 Å². The Morgan fingerprint density at radius 1 is 1.18 bits per heavy atom. The van der Waals surface area contributed by atoms with Gasteiger partial charge in [0.15, 0.2) is 5.12 Å². The molecule has 0 aliphatic carbocycles.